The van der Waals surface area contributed by atoms with Gasteiger partial charge in [0.15, 0.2) is 0 Å². The Hall–Kier alpha value is -1.77. The summed E-state index contributed by atoms with van der Waals surface area (Å²) in [6, 6.07) is 7.46. The lowest BCUT2D eigenvalue weighted by Gasteiger charge is -2.09. The lowest BCUT2D eigenvalue weighted by atomic mass is 10.1. The van der Waals surface area contributed by atoms with Gasteiger partial charge < -0.3 is 5.11 Å². The molecule has 3 nitrogen and oxygen atoms in total. The van der Waals surface area contributed by atoms with Crippen molar-refractivity contribution >= 4 is 0 Å². The van der Waals surface area contributed by atoms with Gasteiger partial charge in [0.25, 0.3) is 0 Å². The summed E-state index contributed by atoms with van der Waals surface area (Å²) in [5.41, 5.74) is 4.09. The molecule has 0 aliphatic rings. The Labute approximate surface area is 108 Å². The lowest BCUT2D eigenvalue weighted by Crippen LogP contribution is -2.02. The second-order valence-corrected chi connectivity index (χ2v) is 4.65. The molecule has 0 fully saturated rings. The quantitative estimate of drug-likeness (QED) is 0.891. The summed E-state index contributed by atoms with van der Waals surface area (Å²) in [5, 5.41) is 14.6. The summed E-state index contributed by atoms with van der Waals surface area (Å²) in [6.07, 6.45) is 2.24. The second kappa shape index (κ2) is 5.25. The van der Waals surface area contributed by atoms with E-state index < -0.39 is 0 Å². The number of aromatic hydroxyl groups is 1. The maximum absolute atomic E-state index is 10.0. The van der Waals surface area contributed by atoms with Crippen LogP contribution < -0.4 is 0 Å². The van der Waals surface area contributed by atoms with Gasteiger partial charge in [-0.05, 0) is 38.0 Å². The summed E-state index contributed by atoms with van der Waals surface area (Å²) >= 11 is 0. The SMILES string of the molecule is CCCCn1nc(C)c(C)c1-c1ccccc1O. The molecule has 2 rings (SSSR count). The van der Waals surface area contributed by atoms with Gasteiger partial charge in [-0.25, -0.2) is 0 Å². The van der Waals surface area contributed by atoms with Crippen molar-refractivity contribution in [3.05, 3.63) is 35.5 Å². The van der Waals surface area contributed by atoms with Crippen LogP contribution in [0.2, 0.25) is 0 Å². The number of hydrogen-bond donors (Lipinski definition) is 1. The average Bonchev–Trinajstić information content (AvgIpc) is 2.64. The van der Waals surface area contributed by atoms with Gasteiger partial charge in [0.05, 0.1) is 11.4 Å². The second-order valence-electron chi connectivity index (χ2n) is 4.65. The maximum atomic E-state index is 10.0. The van der Waals surface area contributed by atoms with Gasteiger partial charge in [0, 0.05) is 12.1 Å². The molecule has 0 amide bonds. The van der Waals surface area contributed by atoms with Crippen molar-refractivity contribution in [1.82, 2.24) is 9.78 Å². The van der Waals surface area contributed by atoms with Crippen molar-refractivity contribution in [1.29, 1.82) is 0 Å². The maximum Gasteiger partial charge on any atom is 0.124 e. The van der Waals surface area contributed by atoms with Crippen LogP contribution in [0, 0.1) is 13.8 Å². The number of hydrogen-bond acceptors (Lipinski definition) is 2. The van der Waals surface area contributed by atoms with Crippen molar-refractivity contribution in [3.63, 3.8) is 0 Å². The summed E-state index contributed by atoms with van der Waals surface area (Å²) in [6.45, 7) is 7.14. The number of rotatable bonds is 4. The molecule has 1 aromatic carbocycles. The smallest absolute Gasteiger partial charge is 0.124 e. The molecule has 1 N–H and O–H groups in total. The first-order chi connectivity index (χ1) is 8.65. The van der Waals surface area contributed by atoms with Gasteiger partial charge in [-0.15, -0.1) is 0 Å². The molecule has 1 aromatic heterocycles. The molecule has 1 heterocycles. The third-order valence-corrected chi connectivity index (χ3v) is 3.31. The number of phenolic OH excluding ortho intramolecular Hbond substituents is 1. The Bertz CT molecular complexity index is 543. The van der Waals surface area contributed by atoms with Crippen molar-refractivity contribution in [2.45, 2.75) is 40.2 Å². The fraction of sp³-hybridized carbons (Fsp3) is 0.400. The van der Waals surface area contributed by atoms with Crippen LogP contribution in [-0.4, -0.2) is 14.9 Å². The summed E-state index contributed by atoms with van der Waals surface area (Å²) in [5.74, 6) is 0.318. The largest absolute Gasteiger partial charge is 0.507 e. The average molecular weight is 244 g/mol. The van der Waals surface area contributed by atoms with E-state index in [4.69, 9.17) is 0 Å². The fourth-order valence-electron chi connectivity index (χ4n) is 2.16. The highest BCUT2D eigenvalue weighted by molar-refractivity contribution is 5.70. The normalized spacial score (nSPS) is 10.8. The predicted octanol–water partition coefficient (Wildman–Crippen LogP) is 3.67. The van der Waals surface area contributed by atoms with E-state index in [0.717, 1.165) is 41.9 Å². The van der Waals surface area contributed by atoms with Crippen LogP contribution in [-0.2, 0) is 6.54 Å². The highest BCUT2D eigenvalue weighted by Crippen LogP contribution is 2.32. The molecule has 3 heteroatoms. The van der Waals surface area contributed by atoms with Crippen molar-refractivity contribution in [3.8, 4) is 17.0 Å². The van der Waals surface area contributed by atoms with E-state index in [2.05, 4.69) is 18.9 Å². The molecule has 0 spiro atoms. The van der Waals surface area contributed by atoms with Gasteiger partial charge in [-0.2, -0.15) is 5.10 Å². The van der Waals surface area contributed by atoms with Crippen molar-refractivity contribution in [2.75, 3.05) is 0 Å². The zero-order valence-corrected chi connectivity index (χ0v) is 11.3. The van der Waals surface area contributed by atoms with E-state index in [1.54, 1.807) is 6.07 Å². The standard InChI is InChI=1S/C15H20N2O/c1-4-5-10-17-15(11(2)12(3)16-17)13-8-6-7-9-14(13)18/h6-9,18H,4-5,10H2,1-3H3. The van der Waals surface area contributed by atoms with Gasteiger partial charge >= 0.3 is 0 Å². The number of aromatic nitrogens is 2. The molecule has 0 unspecified atom stereocenters. The van der Waals surface area contributed by atoms with Crippen LogP contribution in [0.5, 0.6) is 5.75 Å². The summed E-state index contributed by atoms with van der Waals surface area (Å²) < 4.78 is 2.02. The first-order valence-electron chi connectivity index (χ1n) is 6.47. The van der Waals surface area contributed by atoms with E-state index in [1.807, 2.05) is 29.8 Å². The Morgan fingerprint density at radius 3 is 2.61 bits per heavy atom. The first kappa shape index (κ1) is 12.7. The Morgan fingerprint density at radius 1 is 1.22 bits per heavy atom. The van der Waals surface area contributed by atoms with Crippen molar-refractivity contribution < 1.29 is 5.11 Å². The number of para-hydroxylation sites is 1. The minimum atomic E-state index is 0.318. The lowest BCUT2D eigenvalue weighted by molar-refractivity contribution is 0.475. The third-order valence-electron chi connectivity index (χ3n) is 3.31. The fourth-order valence-corrected chi connectivity index (χ4v) is 2.16. The van der Waals surface area contributed by atoms with Crippen LogP contribution >= 0.6 is 0 Å². The third kappa shape index (κ3) is 2.26. The van der Waals surface area contributed by atoms with E-state index in [9.17, 15) is 5.11 Å². The van der Waals surface area contributed by atoms with E-state index in [0.29, 0.717) is 5.75 Å². The van der Waals surface area contributed by atoms with Crippen LogP contribution in [0.25, 0.3) is 11.3 Å². The van der Waals surface area contributed by atoms with Gasteiger partial charge in [0.2, 0.25) is 0 Å². The molecule has 2 aromatic rings. The predicted molar refractivity (Wildman–Crippen MR) is 73.7 cm³/mol. The number of phenols is 1. The Balaban J connectivity index is 2.52. The number of unbranched alkanes of at least 4 members (excludes halogenated alkanes) is 1. The van der Waals surface area contributed by atoms with Crippen LogP contribution in [0.1, 0.15) is 31.0 Å². The van der Waals surface area contributed by atoms with Gasteiger partial charge in [-0.3, -0.25) is 4.68 Å². The van der Waals surface area contributed by atoms with Crippen molar-refractivity contribution in [2.24, 2.45) is 0 Å². The van der Waals surface area contributed by atoms with E-state index in [-0.39, 0.29) is 0 Å². The Kier molecular flexibility index (Phi) is 3.70. The highest BCUT2D eigenvalue weighted by atomic mass is 16.3. The molecule has 0 bridgehead atoms. The topological polar surface area (TPSA) is 38.0 Å². The van der Waals surface area contributed by atoms with Crippen LogP contribution in [0.3, 0.4) is 0 Å². The van der Waals surface area contributed by atoms with E-state index in [1.165, 1.54) is 0 Å². The van der Waals surface area contributed by atoms with Crippen LogP contribution in [0.15, 0.2) is 24.3 Å². The molecule has 18 heavy (non-hydrogen) atoms. The summed E-state index contributed by atoms with van der Waals surface area (Å²) in [7, 11) is 0. The number of aryl methyl sites for hydroxylation is 2. The molecular formula is C15H20N2O. The minimum Gasteiger partial charge on any atom is -0.507 e. The minimum absolute atomic E-state index is 0.318. The molecule has 0 aliphatic heterocycles. The monoisotopic (exact) mass is 244 g/mol. The zero-order valence-electron chi connectivity index (χ0n) is 11.3. The molecule has 0 aliphatic carbocycles. The molecular weight excluding hydrogens is 224 g/mol. The highest BCUT2D eigenvalue weighted by Gasteiger charge is 2.15. The Morgan fingerprint density at radius 2 is 1.94 bits per heavy atom. The molecule has 0 atom stereocenters. The summed E-state index contributed by atoms with van der Waals surface area (Å²) in [4.78, 5) is 0. The molecule has 0 saturated carbocycles. The van der Waals surface area contributed by atoms with Gasteiger partial charge in [-0.1, -0.05) is 25.5 Å². The number of nitrogens with zero attached hydrogens (tertiary/aromatic N) is 2. The first-order valence-corrected chi connectivity index (χ1v) is 6.47. The van der Waals surface area contributed by atoms with Crippen LogP contribution in [0.4, 0.5) is 0 Å². The van der Waals surface area contributed by atoms with E-state index >= 15 is 0 Å². The molecule has 96 valence electrons. The molecule has 0 radical (unpaired) electrons. The molecule has 0 saturated heterocycles. The zero-order chi connectivity index (χ0) is 13.1. The van der Waals surface area contributed by atoms with Gasteiger partial charge in [0.1, 0.15) is 5.75 Å². The number of benzene rings is 1.